The van der Waals surface area contributed by atoms with Gasteiger partial charge in [0.05, 0.1) is 5.69 Å². The Bertz CT molecular complexity index is 1450. The minimum atomic E-state index is -0.240. The summed E-state index contributed by atoms with van der Waals surface area (Å²) in [5.41, 5.74) is 5.02. The average molecular weight is 481 g/mol. The van der Waals surface area contributed by atoms with Crippen LogP contribution in [0.5, 0.6) is 0 Å². The maximum atomic E-state index is 12.6. The van der Waals surface area contributed by atoms with E-state index in [9.17, 15) is 9.59 Å². The number of benzene rings is 3. The molecule has 0 unspecified atom stereocenters. The number of hydrogen-bond donors (Lipinski definition) is 3. The number of hydrogen-bond acceptors (Lipinski definition) is 3. The van der Waals surface area contributed by atoms with E-state index in [2.05, 4.69) is 15.6 Å². The van der Waals surface area contributed by atoms with Crippen molar-refractivity contribution >= 4 is 35.2 Å². The Morgan fingerprint density at radius 2 is 1.60 bits per heavy atom. The molecule has 6 nitrogen and oxygen atoms in total. The van der Waals surface area contributed by atoms with Crippen LogP contribution in [0.25, 0.3) is 17.5 Å². The molecule has 3 aromatic carbocycles. The summed E-state index contributed by atoms with van der Waals surface area (Å²) in [5, 5.41) is 6.32. The summed E-state index contributed by atoms with van der Waals surface area (Å²) >= 11 is 6.00. The zero-order valence-electron chi connectivity index (χ0n) is 18.6. The van der Waals surface area contributed by atoms with E-state index >= 15 is 0 Å². The highest BCUT2D eigenvalue weighted by Crippen LogP contribution is 2.24. The lowest BCUT2D eigenvalue weighted by Crippen LogP contribution is -2.21. The van der Waals surface area contributed by atoms with Gasteiger partial charge in [-0.2, -0.15) is 0 Å². The molecule has 1 aliphatic carbocycles. The highest BCUT2D eigenvalue weighted by Gasteiger charge is 2.14. The zero-order valence-corrected chi connectivity index (χ0v) is 19.3. The number of aromatic nitrogens is 2. The van der Waals surface area contributed by atoms with Crippen LogP contribution in [-0.2, 0) is 6.42 Å². The average Bonchev–Trinajstić information content (AvgIpc) is 3.17. The van der Waals surface area contributed by atoms with Crippen molar-refractivity contribution in [2.75, 3.05) is 5.32 Å². The van der Waals surface area contributed by atoms with Crippen molar-refractivity contribution in [2.24, 2.45) is 0 Å². The van der Waals surface area contributed by atoms with Gasteiger partial charge in [0.25, 0.3) is 11.8 Å². The number of amides is 2. The van der Waals surface area contributed by atoms with E-state index in [0.29, 0.717) is 39.8 Å². The number of carbonyl (C=O) groups is 2. The van der Waals surface area contributed by atoms with Gasteiger partial charge in [0.1, 0.15) is 5.82 Å². The molecule has 4 aromatic rings. The van der Waals surface area contributed by atoms with Crippen LogP contribution in [0.4, 0.5) is 5.69 Å². The standard InChI is InChI=1S/C28H21ClN4O2/c29-21-9-4-8-20(16-21)28(35)31-23-10-5-11-24-25(17-23)33-26(32-24)18-12-14-22(15-13-18)30-27(34)19-6-2-1-3-7-19/h1-10,12-17H,11H2,(H,30,34)(H,31,35)(H,32,33). The van der Waals surface area contributed by atoms with Gasteiger partial charge in [-0.25, -0.2) is 4.98 Å². The van der Waals surface area contributed by atoms with Crippen LogP contribution in [0.2, 0.25) is 5.02 Å². The minimum Gasteiger partial charge on any atom is -0.341 e. The second-order valence-electron chi connectivity index (χ2n) is 8.02. The van der Waals surface area contributed by atoms with Gasteiger partial charge in [-0.1, -0.05) is 41.9 Å². The van der Waals surface area contributed by atoms with E-state index in [-0.39, 0.29) is 11.8 Å². The fourth-order valence-electron chi connectivity index (χ4n) is 3.75. The quantitative estimate of drug-likeness (QED) is 0.334. The summed E-state index contributed by atoms with van der Waals surface area (Å²) in [6.07, 6.45) is 6.33. The van der Waals surface area contributed by atoms with Crippen LogP contribution in [0.1, 0.15) is 32.1 Å². The van der Waals surface area contributed by atoms with Crippen LogP contribution in [0.3, 0.4) is 0 Å². The normalized spacial score (nSPS) is 12.3. The summed E-state index contributed by atoms with van der Waals surface area (Å²) in [4.78, 5) is 33.1. The fraction of sp³-hybridized carbons (Fsp3) is 0.0357. The van der Waals surface area contributed by atoms with Crippen LogP contribution in [0.15, 0.2) is 96.7 Å². The summed E-state index contributed by atoms with van der Waals surface area (Å²) in [5.74, 6) is 0.311. The lowest BCUT2D eigenvalue weighted by Gasteiger charge is -2.06. The third kappa shape index (κ3) is 5.23. The number of anilines is 1. The first-order valence-corrected chi connectivity index (χ1v) is 11.4. The first kappa shape index (κ1) is 22.4. The van der Waals surface area contributed by atoms with Crippen molar-refractivity contribution < 1.29 is 9.59 Å². The van der Waals surface area contributed by atoms with Gasteiger partial charge in [0, 0.05) is 45.2 Å². The monoisotopic (exact) mass is 480 g/mol. The Labute approximate surface area is 207 Å². The van der Waals surface area contributed by atoms with Gasteiger partial charge in [0.15, 0.2) is 0 Å². The molecule has 2 amide bonds. The molecule has 1 aromatic heterocycles. The first-order chi connectivity index (χ1) is 17.0. The minimum absolute atomic E-state index is 0.160. The highest BCUT2D eigenvalue weighted by atomic mass is 35.5. The smallest absolute Gasteiger partial charge is 0.255 e. The highest BCUT2D eigenvalue weighted by molar-refractivity contribution is 6.31. The first-order valence-electron chi connectivity index (χ1n) is 11.1. The predicted molar refractivity (Wildman–Crippen MR) is 138 cm³/mol. The van der Waals surface area contributed by atoms with Gasteiger partial charge in [-0.05, 0) is 66.7 Å². The van der Waals surface area contributed by atoms with Gasteiger partial charge in [-0.3, -0.25) is 9.59 Å². The summed E-state index contributed by atoms with van der Waals surface area (Å²) in [6.45, 7) is 0. The largest absolute Gasteiger partial charge is 0.341 e. The van der Waals surface area contributed by atoms with Crippen LogP contribution >= 0.6 is 11.6 Å². The molecule has 0 radical (unpaired) electrons. The number of allylic oxidation sites excluding steroid dienone is 2. The number of rotatable bonds is 5. The maximum Gasteiger partial charge on any atom is 0.255 e. The van der Waals surface area contributed by atoms with Crippen molar-refractivity contribution in [1.29, 1.82) is 0 Å². The molecule has 0 atom stereocenters. The Kier molecular flexibility index (Phi) is 6.28. The number of nitrogens with one attached hydrogen (secondary N) is 3. The molecule has 7 heteroatoms. The van der Waals surface area contributed by atoms with E-state index in [0.717, 1.165) is 17.0 Å². The van der Waals surface area contributed by atoms with Crippen LogP contribution in [0, 0.1) is 0 Å². The van der Waals surface area contributed by atoms with E-state index in [1.807, 2.05) is 60.7 Å². The molecule has 1 aliphatic rings. The van der Waals surface area contributed by atoms with Crippen molar-refractivity contribution in [2.45, 2.75) is 6.42 Å². The number of H-pyrrole nitrogens is 1. The molecule has 5 rings (SSSR count). The molecule has 0 saturated heterocycles. The van der Waals surface area contributed by atoms with E-state index in [4.69, 9.17) is 16.6 Å². The lowest BCUT2D eigenvalue weighted by molar-refractivity contribution is 0.0966. The van der Waals surface area contributed by atoms with Crippen LogP contribution < -0.4 is 10.6 Å². The van der Waals surface area contributed by atoms with Gasteiger partial charge in [-0.15, -0.1) is 0 Å². The van der Waals surface area contributed by atoms with Gasteiger partial charge >= 0.3 is 0 Å². The number of halogens is 1. The second-order valence-corrected chi connectivity index (χ2v) is 8.45. The van der Waals surface area contributed by atoms with E-state index in [1.165, 1.54) is 0 Å². The van der Waals surface area contributed by atoms with Crippen LogP contribution in [-0.4, -0.2) is 21.8 Å². The third-order valence-corrected chi connectivity index (χ3v) is 5.75. The number of aromatic amines is 1. The molecule has 1 heterocycles. The fourth-order valence-corrected chi connectivity index (χ4v) is 3.94. The topological polar surface area (TPSA) is 86.9 Å². The molecular weight excluding hydrogens is 460 g/mol. The lowest BCUT2D eigenvalue weighted by atomic mass is 10.1. The summed E-state index contributed by atoms with van der Waals surface area (Å²) in [6, 6.07) is 23.4. The molecule has 0 fully saturated rings. The Balaban J connectivity index is 1.31. The zero-order chi connectivity index (χ0) is 24.2. The van der Waals surface area contributed by atoms with Gasteiger partial charge in [0.2, 0.25) is 0 Å². The molecule has 172 valence electrons. The van der Waals surface area contributed by atoms with E-state index in [1.54, 1.807) is 36.4 Å². The molecule has 0 spiro atoms. The molecule has 0 bridgehead atoms. The van der Waals surface area contributed by atoms with Crippen molar-refractivity contribution in [3.63, 3.8) is 0 Å². The van der Waals surface area contributed by atoms with Crippen molar-refractivity contribution in [3.05, 3.63) is 124 Å². The second kappa shape index (κ2) is 9.83. The number of carbonyl (C=O) groups excluding carboxylic acids is 2. The summed E-state index contributed by atoms with van der Waals surface area (Å²) < 4.78 is 0. The third-order valence-electron chi connectivity index (χ3n) is 5.52. The molecule has 0 aliphatic heterocycles. The Morgan fingerprint density at radius 3 is 2.37 bits per heavy atom. The number of fused-ring (bicyclic) bond motifs is 1. The SMILES string of the molecule is O=C(NC1=Cc2nc(-c3ccc(NC(=O)c4ccccc4)cc3)[nH]c2CC=C1)c1cccc(Cl)c1. The summed E-state index contributed by atoms with van der Waals surface area (Å²) in [7, 11) is 0. The van der Waals surface area contributed by atoms with Crippen molar-refractivity contribution in [3.8, 4) is 11.4 Å². The molecule has 35 heavy (non-hydrogen) atoms. The van der Waals surface area contributed by atoms with Crippen molar-refractivity contribution in [1.82, 2.24) is 15.3 Å². The molecule has 3 N–H and O–H groups in total. The molecular formula is C28H21ClN4O2. The Morgan fingerprint density at radius 1 is 0.857 bits per heavy atom. The van der Waals surface area contributed by atoms with Gasteiger partial charge < -0.3 is 15.6 Å². The maximum absolute atomic E-state index is 12.6. The number of nitrogens with zero attached hydrogens (tertiary/aromatic N) is 1. The Hall–Kier alpha value is -4.42. The number of imidazole rings is 1. The van der Waals surface area contributed by atoms with E-state index < -0.39 is 0 Å². The molecule has 0 saturated carbocycles. The predicted octanol–water partition coefficient (Wildman–Crippen LogP) is 5.87.